The Kier molecular flexibility index (Phi) is 5.71. The van der Waals surface area contributed by atoms with Crippen LogP contribution < -0.4 is 0 Å². The van der Waals surface area contributed by atoms with Crippen LogP contribution in [0.2, 0.25) is 0 Å². The molecule has 6 heteroatoms. The fraction of sp³-hybridized carbons (Fsp3) is 0.579. The first kappa shape index (κ1) is 17.9. The molecule has 6 nitrogen and oxygen atoms in total. The molecule has 1 unspecified atom stereocenters. The minimum absolute atomic E-state index is 0.0331. The fourth-order valence-corrected chi connectivity index (χ4v) is 3.96. The number of hydrogen-bond acceptors (Lipinski definition) is 4. The van der Waals surface area contributed by atoms with Gasteiger partial charge in [-0.1, -0.05) is 30.3 Å². The molecule has 2 aliphatic heterocycles. The van der Waals surface area contributed by atoms with E-state index in [1.165, 1.54) is 0 Å². The standard InChI is InChI=1S/C19H25NO5/c1-24-17(13-5-3-2-4-6-13)18(21)20-10-7-14(8-11-20)16-15(19(22)23)9-12-25-16/h2-6,14-17H,7-12H2,1H3,(H,22,23)/t15?,16-,17+/m0/s1. The third-order valence-electron chi connectivity index (χ3n) is 5.33. The zero-order valence-corrected chi connectivity index (χ0v) is 14.5. The molecule has 1 N–H and O–H groups in total. The van der Waals surface area contributed by atoms with Gasteiger partial charge in [0.1, 0.15) is 0 Å². The van der Waals surface area contributed by atoms with Crippen molar-refractivity contribution in [1.82, 2.24) is 4.90 Å². The number of carboxylic acid groups (broad SMARTS) is 1. The van der Waals surface area contributed by atoms with E-state index in [-0.39, 0.29) is 17.9 Å². The Bertz CT molecular complexity index is 597. The number of benzene rings is 1. The fourth-order valence-electron chi connectivity index (χ4n) is 3.96. The summed E-state index contributed by atoms with van der Waals surface area (Å²) in [7, 11) is 1.55. The Hall–Kier alpha value is -1.92. The topological polar surface area (TPSA) is 76.1 Å². The largest absolute Gasteiger partial charge is 0.481 e. The van der Waals surface area contributed by atoms with Gasteiger partial charge in [-0.05, 0) is 30.7 Å². The summed E-state index contributed by atoms with van der Waals surface area (Å²) in [5.41, 5.74) is 0.849. The third-order valence-corrected chi connectivity index (χ3v) is 5.33. The van der Waals surface area contributed by atoms with Crippen molar-refractivity contribution in [3.05, 3.63) is 35.9 Å². The van der Waals surface area contributed by atoms with E-state index in [1.807, 2.05) is 35.2 Å². The molecular weight excluding hydrogens is 322 g/mol. The molecule has 25 heavy (non-hydrogen) atoms. The van der Waals surface area contributed by atoms with Crippen LogP contribution in [0.25, 0.3) is 0 Å². The summed E-state index contributed by atoms with van der Waals surface area (Å²) >= 11 is 0. The van der Waals surface area contributed by atoms with E-state index in [4.69, 9.17) is 9.47 Å². The van der Waals surface area contributed by atoms with Crippen molar-refractivity contribution in [1.29, 1.82) is 0 Å². The Labute approximate surface area is 147 Å². The first-order chi connectivity index (χ1) is 12.1. The Morgan fingerprint density at radius 3 is 2.48 bits per heavy atom. The van der Waals surface area contributed by atoms with Gasteiger partial charge >= 0.3 is 5.97 Å². The van der Waals surface area contributed by atoms with Crippen LogP contribution in [0, 0.1) is 11.8 Å². The van der Waals surface area contributed by atoms with Crippen molar-refractivity contribution in [3.8, 4) is 0 Å². The molecule has 136 valence electrons. The van der Waals surface area contributed by atoms with Crippen molar-refractivity contribution in [2.24, 2.45) is 11.8 Å². The molecule has 0 aromatic heterocycles. The number of likely N-dealkylation sites (tertiary alicyclic amines) is 1. The normalized spacial score (nSPS) is 25.7. The quantitative estimate of drug-likeness (QED) is 0.883. The molecule has 0 saturated carbocycles. The molecule has 2 saturated heterocycles. The molecule has 3 rings (SSSR count). The van der Waals surface area contributed by atoms with Crippen LogP contribution in [-0.2, 0) is 19.1 Å². The molecule has 1 aromatic rings. The number of carboxylic acids is 1. The summed E-state index contributed by atoms with van der Waals surface area (Å²) in [4.78, 5) is 26.0. The van der Waals surface area contributed by atoms with Crippen molar-refractivity contribution < 1.29 is 24.2 Å². The SMILES string of the molecule is CO[C@@H](C(=O)N1CCC([C@@H]2OCCC2C(=O)O)CC1)c1ccccc1. The van der Waals surface area contributed by atoms with Crippen molar-refractivity contribution in [3.63, 3.8) is 0 Å². The highest BCUT2D eigenvalue weighted by Gasteiger charge is 2.41. The van der Waals surface area contributed by atoms with Gasteiger partial charge in [0.2, 0.25) is 0 Å². The zero-order chi connectivity index (χ0) is 17.8. The van der Waals surface area contributed by atoms with Crippen LogP contribution in [0.4, 0.5) is 0 Å². The average Bonchev–Trinajstić information content (AvgIpc) is 3.13. The highest BCUT2D eigenvalue weighted by atomic mass is 16.5. The first-order valence-corrected chi connectivity index (χ1v) is 8.82. The maximum atomic E-state index is 12.8. The second-order valence-corrected chi connectivity index (χ2v) is 6.76. The van der Waals surface area contributed by atoms with Crippen molar-refractivity contribution in [2.45, 2.75) is 31.5 Å². The molecular formula is C19H25NO5. The van der Waals surface area contributed by atoms with E-state index in [0.717, 1.165) is 18.4 Å². The number of amides is 1. The number of ether oxygens (including phenoxy) is 2. The van der Waals surface area contributed by atoms with E-state index in [1.54, 1.807) is 7.11 Å². The van der Waals surface area contributed by atoms with Gasteiger partial charge in [0.25, 0.3) is 5.91 Å². The molecule has 0 radical (unpaired) electrons. The van der Waals surface area contributed by atoms with Gasteiger partial charge in [0.15, 0.2) is 6.10 Å². The van der Waals surface area contributed by atoms with Gasteiger partial charge in [-0.2, -0.15) is 0 Å². The number of carbonyl (C=O) groups is 2. The molecule has 2 aliphatic rings. The van der Waals surface area contributed by atoms with E-state index in [2.05, 4.69) is 0 Å². The Morgan fingerprint density at radius 1 is 1.20 bits per heavy atom. The lowest BCUT2D eigenvalue weighted by molar-refractivity contribution is -0.148. The van der Waals surface area contributed by atoms with Gasteiger partial charge in [-0.25, -0.2) is 0 Å². The molecule has 0 bridgehead atoms. The van der Waals surface area contributed by atoms with E-state index < -0.39 is 18.0 Å². The van der Waals surface area contributed by atoms with E-state index >= 15 is 0 Å². The van der Waals surface area contributed by atoms with Gasteiger partial charge in [-0.15, -0.1) is 0 Å². The minimum Gasteiger partial charge on any atom is -0.481 e. The number of aliphatic carboxylic acids is 1. The second-order valence-electron chi connectivity index (χ2n) is 6.76. The number of nitrogens with zero attached hydrogens (tertiary/aromatic N) is 1. The number of hydrogen-bond donors (Lipinski definition) is 1. The second kappa shape index (κ2) is 7.97. The lowest BCUT2D eigenvalue weighted by atomic mass is 9.84. The van der Waals surface area contributed by atoms with Gasteiger partial charge in [-0.3, -0.25) is 9.59 Å². The summed E-state index contributed by atoms with van der Waals surface area (Å²) in [6, 6.07) is 9.48. The molecule has 3 atom stereocenters. The average molecular weight is 347 g/mol. The summed E-state index contributed by atoms with van der Waals surface area (Å²) in [5.74, 6) is -1.02. The maximum absolute atomic E-state index is 12.8. The predicted molar refractivity (Wildman–Crippen MR) is 91.0 cm³/mol. The third kappa shape index (κ3) is 3.85. The van der Waals surface area contributed by atoms with E-state index in [0.29, 0.717) is 26.1 Å². The smallest absolute Gasteiger partial charge is 0.309 e. The molecule has 1 aromatic carbocycles. The van der Waals surface area contributed by atoms with Gasteiger partial charge in [0.05, 0.1) is 12.0 Å². The number of carbonyl (C=O) groups excluding carboxylic acids is 1. The van der Waals surface area contributed by atoms with Crippen LogP contribution in [0.1, 0.15) is 30.9 Å². The van der Waals surface area contributed by atoms with Crippen LogP contribution in [0.15, 0.2) is 30.3 Å². The summed E-state index contributed by atoms with van der Waals surface area (Å²) < 4.78 is 11.1. The highest BCUT2D eigenvalue weighted by molar-refractivity contribution is 5.82. The number of methoxy groups -OCH3 is 1. The number of rotatable bonds is 5. The van der Waals surface area contributed by atoms with Crippen LogP contribution in [-0.4, -0.2) is 54.8 Å². The highest BCUT2D eigenvalue weighted by Crippen LogP contribution is 2.34. The van der Waals surface area contributed by atoms with E-state index in [9.17, 15) is 14.7 Å². The van der Waals surface area contributed by atoms with Crippen LogP contribution >= 0.6 is 0 Å². The molecule has 0 aliphatic carbocycles. The van der Waals surface area contributed by atoms with Crippen molar-refractivity contribution in [2.75, 3.05) is 26.8 Å². The summed E-state index contributed by atoms with van der Waals surface area (Å²) in [6.45, 7) is 1.74. The Balaban J connectivity index is 1.60. The van der Waals surface area contributed by atoms with Crippen LogP contribution in [0.5, 0.6) is 0 Å². The van der Waals surface area contributed by atoms with Gasteiger partial charge in [0, 0.05) is 26.8 Å². The van der Waals surface area contributed by atoms with Gasteiger partial charge < -0.3 is 19.5 Å². The number of piperidine rings is 1. The lowest BCUT2D eigenvalue weighted by Gasteiger charge is -2.36. The maximum Gasteiger partial charge on any atom is 0.309 e. The zero-order valence-electron chi connectivity index (χ0n) is 14.5. The summed E-state index contributed by atoms with van der Waals surface area (Å²) in [5, 5.41) is 9.32. The summed E-state index contributed by atoms with van der Waals surface area (Å²) in [6.07, 6.45) is 1.31. The Morgan fingerprint density at radius 2 is 1.88 bits per heavy atom. The monoisotopic (exact) mass is 347 g/mol. The van der Waals surface area contributed by atoms with Crippen molar-refractivity contribution >= 4 is 11.9 Å². The molecule has 2 heterocycles. The minimum atomic E-state index is -0.774. The molecule has 0 spiro atoms. The lowest BCUT2D eigenvalue weighted by Crippen LogP contribution is -2.45. The molecule has 1 amide bonds. The first-order valence-electron chi connectivity index (χ1n) is 8.82. The predicted octanol–water partition coefficient (Wildman–Crippen LogP) is 2.10. The molecule has 2 fully saturated rings. The van der Waals surface area contributed by atoms with Crippen LogP contribution in [0.3, 0.4) is 0 Å².